The summed E-state index contributed by atoms with van der Waals surface area (Å²) < 4.78 is 2.30. The van der Waals surface area contributed by atoms with Crippen molar-refractivity contribution < 1.29 is 4.79 Å². The number of hydrogen-bond acceptors (Lipinski definition) is 1. The Bertz CT molecular complexity index is 1360. The predicted molar refractivity (Wildman–Crippen MR) is 122 cm³/mol. The highest BCUT2D eigenvalue weighted by molar-refractivity contribution is 6.11. The van der Waals surface area contributed by atoms with Crippen LogP contribution in [-0.4, -0.2) is 10.6 Å². The maximum Gasteiger partial charge on any atom is 0.323 e. The van der Waals surface area contributed by atoms with Gasteiger partial charge < -0.3 is 15.2 Å². The largest absolute Gasteiger partial charge is 0.341 e. The minimum atomic E-state index is -0.250. The van der Waals surface area contributed by atoms with Gasteiger partial charge >= 0.3 is 6.03 Å². The lowest BCUT2D eigenvalue weighted by Crippen LogP contribution is -2.19. The van der Waals surface area contributed by atoms with Crippen LogP contribution in [0.3, 0.4) is 0 Å². The molecule has 4 aromatic carbocycles. The number of amides is 2. The Balaban J connectivity index is 1.47. The fraction of sp³-hybridized carbons (Fsp3) is 0.0800. The van der Waals surface area contributed by atoms with Crippen molar-refractivity contribution in [3.8, 4) is 0 Å². The van der Waals surface area contributed by atoms with Crippen molar-refractivity contribution in [2.24, 2.45) is 0 Å². The number of hydrogen-bond donors (Lipinski definition) is 2. The lowest BCUT2D eigenvalue weighted by atomic mass is 10.1. The van der Waals surface area contributed by atoms with Crippen LogP contribution in [0.4, 0.5) is 16.2 Å². The minimum Gasteiger partial charge on any atom is -0.341 e. The summed E-state index contributed by atoms with van der Waals surface area (Å²) in [7, 11) is 0. The summed E-state index contributed by atoms with van der Waals surface area (Å²) in [6.45, 7) is 3.05. The maximum atomic E-state index is 12.7. The van der Waals surface area contributed by atoms with Gasteiger partial charge in [-0.1, -0.05) is 54.6 Å². The SMILES string of the molecule is CCn1c2ccccc2c2cc(NC(=O)Nc3cccc4ccccc34)ccc21. The van der Waals surface area contributed by atoms with E-state index in [9.17, 15) is 4.79 Å². The molecule has 1 aromatic heterocycles. The smallest absolute Gasteiger partial charge is 0.323 e. The van der Waals surface area contributed by atoms with Crippen LogP contribution in [0, 0.1) is 0 Å². The Kier molecular flexibility index (Phi) is 4.17. The van der Waals surface area contributed by atoms with Crippen LogP contribution in [-0.2, 0) is 6.54 Å². The third kappa shape index (κ3) is 2.99. The molecule has 5 aromatic rings. The number of benzene rings is 4. The fourth-order valence-electron chi connectivity index (χ4n) is 4.09. The van der Waals surface area contributed by atoms with Gasteiger partial charge in [-0.25, -0.2) is 4.79 Å². The highest BCUT2D eigenvalue weighted by Crippen LogP contribution is 2.31. The van der Waals surface area contributed by atoms with Gasteiger partial charge in [0.15, 0.2) is 0 Å². The van der Waals surface area contributed by atoms with E-state index in [2.05, 4.69) is 52.5 Å². The molecule has 4 nitrogen and oxygen atoms in total. The third-order valence-corrected chi connectivity index (χ3v) is 5.38. The molecule has 0 atom stereocenters. The first-order valence-electron chi connectivity index (χ1n) is 9.81. The summed E-state index contributed by atoms with van der Waals surface area (Å²) in [5.41, 5.74) is 3.95. The number of urea groups is 1. The van der Waals surface area contributed by atoms with Gasteiger partial charge in [0.25, 0.3) is 0 Å². The lowest BCUT2D eigenvalue weighted by molar-refractivity contribution is 0.262. The number of aromatic nitrogens is 1. The lowest BCUT2D eigenvalue weighted by Gasteiger charge is -2.10. The monoisotopic (exact) mass is 379 g/mol. The summed E-state index contributed by atoms with van der Waals surface area (Å²) >= 11 is 0. The quantitative estimate of drug-likeness (QED) is 0.364. The molecular weight excluding hydrogens is 358 g/mol. The standard InChI is InChI=1S/C25H21N3O/c1-2-28-23-13-6-5-11-20(23)21-16-18(14-15-24(21)28)26-25(29)27-22-12-7-9-17-8-3-4-10-19(17)22/h3-16H,2H2,1H3,(H2,26,27,29). The average Bonchev–Trinajstić information content (AvgIpc) is 3.07. The number of nitrogens with one attached hydrogen (secondary N) is 2. The van der Waals surface area contributed by atoms with Crippen LogP contribution >= 0.6 is 0 Å². The number of rotatable bonds is 3. The molecule has 29 heavy (non-hydrogen) atoms. The summed E-state index contributed by atoms with van der Waals surface area (Å²) in [5.74, 6) is 0. The molecule has 0 spiro atoms. The van der Waals surface area contributed by atoms with Crippen LogP contribution in [0.15, 0.2) is 84.9 Å². The highest BCUT2D eigenvalue weighted by atomic mass is 16.2. The van der Waals surface area contributed by atoms with E-state index in [-0.39, 0.29) is 6.03 Å². The molecule has 0 bridgehead atoms. The van der Waals surface area contributed by atoms with Crippen LogP contribution in [0.25, 0.3) is 32.6 Å². The molecule has 142 valence electrons. The normalized spacial score (nSPS) is 11.2. The fourth-order valence-corrected chi connectivity index (χ4v) is 4.09. The van der Waals surface area contributed by atoms with Crippen LogP contribution < -0.4 is 10.6 Å². The summed E-state index contributed by atoms with van der Waals surface area (Å²) in [5, 5.41) is 10.4. The molecule has 1 heterocycles. The molecule has 4 heteroatoms. The van der Waals surface area contributed by atoms with Gasteiger partial charge in [0.2, 0.25) is 0 Å². The first-order valence-corrected chi connectivity index (χ1v) is 9.81. The predicted octanol–water partition coefficient (Wildman–Crippen LogP) is 6.61. The van der Waals surface area contributed by atoms with Gasteiger partial charge in [0, 0.05) is 39.4 Å². The second kappa shape index (κ2) is 6.99. The molecule has 0 saturated heterocycles. The second-order valence-electron chi connectivity index (χ2n) is 7.10. The topological polar surface area (TPSA) is 46.1 Å². The Labute approximate surface area is 168 Å². The van der Waals surface area contributed by atoms with Crippen molar-refractivity contribution in [3.05, 3.63) is 84.9 Å². The molecule has 0 saturated carbocycles. The number of nitrogens with zero attached hydrogens (tertiary/aromatic N) is 1. The molecule has 0 aliphatic heterocycles. The zero-order valence-corrected chi connectivity index (χ0v) is 16.1. The van der Waals surface area contributed by atoms with Crippen molar-refractivity contribution in [2.45, 2.75) is 13.5 Å². The molecule has 0 aliphatic rings. The van der Waals surface area contributed by atoms with Gasteiger partial charge in [-0.3, -0.25) is 0 Å². The van der Waals surface area contributed by atoms with E-state index >= 15 is 0 Å². The zero-order valence-electron chi connectivity index (χ0n) is 16.1. The van der Waals surface area contributed by atoms with E-state index < -0.39 is 0 Å². The molecule has 2 N–H and O–H groups in total. The molecule has 2 amide bonds. The zero-order chi connectivity index (χ0) is 19.8. The number of fused-ring (bicyclic) bond motifs is 4. The van der Waals surface area contributed by atoms with Gasteiger partial charge in [0.1, 0.15) is 0 Å². The first-order chi connectivity index (χ1) is 14.2. The molecule has 5 rings (SSSR count). The van der Waals surface area contributed by atoms with E-state index in [1.165, 1.54) is 16.4 Å². The van der Waals surface area contributed by atoms with Gasteiger partial charge in [0.05, 0.1) is 5.69 Å². The maximum absolute atomic E-state index is 12.7. The van der Waals surface area contributed by atoms with Crippen molar-refractivity contribution >= 4 is 50.0 Å². The highest BCUT2D eigenvalue weighted by Gasteiger charge is 2.11. The summed E-state index contributed by atoms with van der Waals surface area (Å²) in [6, 6.07) is 28.1. The second-order valence-corrected chi connectivity index (χ2v) is 7.10. The van der Waals surface area contributed by atoms with E-state index in [0.717, 1.165) is 34.1 Å². The van der Waals surface area contributed by atoms with Crippen molar-refractivity contribution in [1.82, 2.24) is 4.57 Å². The molecule has 0 fully saturated rings. The molecule has 0 radical (unpaired) electrons. The Morgan fingerprint density at radius 2 is 1.48 bits per heavy atom. The van der Waals surface area contributed by atoms with Crippen LogP contribution in [0.5, 0.6) is 0 Å². The Morgan fingerprint density at radius 1 is 0.759 bits per heavy atom. The number of aryl methyl sites for hydroxylation is 1. The van der Waals surface area contributed by atoms with E-state index in [1.54, 1.807) is 0 Å². The number of anilines is 2. The number of carbonyl (C=O) groups excluding carboxylic acids is 1. The number of para-hydroxylation sites is 1. The van der Waals surface area contributed by atoms with Crippen LogP contribution in [0.1, 0.15) is 6.92 Å². The summed E-state index contributed by atoms with van der Waals surface area (Å²) in [6.07, 6.45) is 0. The minimum absolute atomic E-state index is 0.250. The van der Waals surface area contributed by atoms with E-state index in [1.807, 2.05) is 54.6 Å². The van der Waals surface area contributed by atoms with Crippen molar-refractivity contribution in [1.29, 1.82) is 0 Å². The molecule has 0 unspecified atom stereocenters. The van der Waals surface area contributed by atoms with Crippen molar-refractivity contribution in [2.75, 3.05) is 10.6 Å². The van der Waals surface area contributed by atoms with Gasteiger partial charge in [-0.05, 0) is 42.6 Å². The summed E-state index contributed by atoms with van der Waals surface area (Å²) in [4.78, 5) is 12.7. The third-order valence-electron chi connectivity index (χ3n) is 5.38. The first kappa shape index (κ1) is 17.3. The van der Waals surface area contributed by atoms with Crippen LogP contribution in [0.2, 0.25) is 0 Å². The Hall–Kier alpha value is -3.79. The Morgan fingerprint density at radius 3 is 2.34 bits per heavy atom. The molecular formula is C25H21N3O. The van der Waals surface area contributed by atoms with E-state index in [4.69, 9.17) is 0 Å². The van der Waals surface area contributed by atoms with E-state index in [0.29, 0.717) is 0 Å². The van der Waals surface area contributed by atoms with Gasteiger partial charge in [-0.15, -0.1) is 0 Å². The van der Waals surface area contributed by atoms with Crippen molar-refractivity contribution in [3.63, 3.8) is 0 Å². The number of carbonyl (C=O) groups is 1. The molecule has 0 aliphatic carbocycles. The average molecular weight is 379 g/mol. The van der Waals surface area contributed by atoms with Gasteiger partial charge in [-0.2, -0.15) is 0 Å².